The summed E-state index contributed by atoms with van der Waals surface area (Å²) in [6, 6.07) is 0. The third-order valence-corrected chi connectivity index (χ3v) is 3.39. The Morgan fingerprint density at radius 3 is 2.94 bits per heavy atom. The Hall–Kier alpha value is -1.62. The van der Waals surface area contributed by atoms with E-state index in [2.05, 4.69) is 0 Å². The molecule has 1 heterocycles. The van der Waals surface area contributed by atoms with Gasteiger partial charge in [0.05, 0.1) is 25.2 Å². The molecular formula is C12H15NO4. The third-order valence-electron chi connectivity index (χ3n) is 3.39. The Balaban J connectivity index is 2.37. The predicted molar refractivity (Wildman–Crippen MR) is 59.6 cm³/mol. The minimum Gasteiger partial charge on any atom is -0.466 e. The second kappa shape index (κ2) is 4.33. The molecule has 1 aliphatic carbocycles. The highest BCUT2D eigenvalue weighted by Crippen LogP contribution is 2.40. The summed E-state index contributed by atoms with van der Waals surface area (Å²) >= 11 is 0. The number of hydrogen-bond acceptors (Lipinski definition) is 4. The smallest absolute Gasteiger partial charge is 0.335 e. The van der Waals surface area contributed by atoms with Crippen molar-refractivity contribution in [2.45, 2.75) is 6.42 Å². The molecule has 0 saturated carbocycles. The monoisotopic (exact) mass is 237 g/mol. The van der Waals surface area contributed by atoms with Crippen molar-refractivity contribution in [2.24, 2.45) is 11.8 Å². The van der Waals surface area contributed by atoms with Gasteiger partial charge in [0.1, 0.15) is 0 Å². The van der Waals surface area contributed by atoms with Gasteiger partial charge >= 0.3 is 5.97 Å². The lowest BCUT2D eigenvalue weighted by molar-refractivity contribution is -0.139. The molecule has 2 aliphatic rings. The van der Waals surface area contributed by atoms with Crippen LogP contribution in [0.3, 0.4) is 0 Å². The molecule has 0 fully saturated rings. The van der Waals surface area contributed by atoms with Crippen molar-refractivity contribution in [2.75, 3.05) is 20.8 Å². The molecule has 0 bridgehead atoms. The molecular weight excluding hydrogens is 222 g/mol. The van der Waals surface area contributed by atoms with Crippen LogP contribution in [0.5, 0.6) is 0 Å². The van der Waals surface area contributed by atoms with Crippen LogP contribution in [0.2, 0.25) is 0 Å². The molecule has 5 heteroatoms. The molecule has 0 radical (unpaired) electrons. The highest BCUT2D eigenvalue weighted by molar-refractivity contribution is 5.95. The zero-order valence-electron chi connectivity index (χ0n) is 9.84. The second-order valence-electron chi connectivity index (χ2n) is 4.28. The summed E-state index contributed by atoms with van der Waals surface area (Å²) in [6.07, 6.45) is 3.97. The van der Waals surface area contributed by atoms with Crippen molar-refractivity contribution in [3.05, 3.63) is 23.4 Å². The van der Waals surface area contributed by atoms with Crippen LogP contribution in [-0.4, -0.2) is 42.6 Å². The van der Waals surface area contributed by atoms with E-state index in [-0.39, 0.29) is 18.4 Å². The van der Waals surface area contributed by atoms with Gasteiger partial charge in [-0.3, -0.25) is 4.79 Å². The molecule has 1 N–H and O–H groups in total. The number of methoxy groups -OCH3 is 1. The van der Waals surface area contributed by atoms with Gasteiger partial charge in [0.2, 0.25) is 5.91 Å². The molecule has 2 rings (SSSR count). The summed E-state index contributed by atoms with van der Waals surface area (Å²) in [4.78, 5) is 25.0. The number of carbonyl (C=O) groups excluding carboxylic acids is 2. The van der Waals surface area contributed by atoms with Crippen LogP contribution in [0.25, 0.3) is 0 Å². The van der Waals surface area contributed by atoms with Crippen molar-refractivity contribution in [1.29, 1.82) is 0 Å². The molecule has 0 aromatic carbocycles. The normalized spacial score (nSPS) is 27.5. The Labute approximate surface area is 99.4 Å². The van der Waals surface area contributed by atoms with Crippen LogP contribution in [0.4, 0.5) is 0 Å². The summed E-state index contributed by atoms with van der Waals surface area (Å²) in [5, 5.41) is 9.22. The summed E-state index contributed by atoms with van der Waals surface area (Å²) in [7, 11) is 2.93. The van der Waals surface area contributed by atoms with E-state index in [9.17, 15) is 14.7 Å². The van der Waals surface area contributed by atoms with E-state index in [4.69, 9.17) is 4.74 Å². The van der Waals surface area contributed by atoms with E-state index in [0.717, 1.165) is 0 Å². The summed E-state index contributed by atoms with van der Waals surface area (Å²) in [5.41, 5.74) is 1.20. The van der Waals surface area contributed by atoms with E-state index >= 15 is 0 Å². The number of nitrogens with zero attached hydrogens (tertiary/aromatic N) is 1. The van der Waals surface area contributed by atoms with Gasteiger partial charge in [0.15, 0.2) is 0 Å². The van der Waals surface area contributed by atoms with Crippen LogP contribution in [-0.2, 0) is 14.3 Å². The first-order chi connectivity index (χ1) is 8.10. The van der Waals surface area contributed by atoms with Gasteiger partial charge in [-0.2, -0.15) is 0 Å². The van der Waals surface area contributed by atoms with Gasteiger partial charge in [-0.15, -0.1) is 0 Å². The first-order valence-corrected chi connectivity index (χ1v) is 5.46. The fourth-order valence-corrected chi connectivity index (χ4v) is 2.51. The fourth-order valence-electron chi connectivity index (χ4n) is 2.51. The van der Waals surface area contributed by atoms with Crippen LogP contribution < -0.4 is 0 Å². The summed E-state index contributed by atoms with van der Waals surface area (Å²) in [6.45, 7) is -0.144. The van der Waals surface area contributed by atoms with Crippen LogP contribution in [0.1, 0.15) is 6.42 Å². The average Bonchev–Trinajstić information content (AvgIpc) is 2.76. The lowest BCUT2D eigenvalue weighted by Gasteiger charge is -2.31. The number of ether oxygens (including phenoxy) is 1. The van der Waals surface area contributed by atoms with Gasteiger partial charge in [-0.1, -0.05) is 6.08 Å². The van der Waals surface area contributed by atoms with E-state index in [1.54, 1.807) is 7.05 Å². The van der Waals surface area contributed by atoms with Gasteiger partial charge in [0.25, 0.3) is 0 Å². The average molecular weight is 237 g/mol. The quantitative estimate of drug-likeness (QED) is 0.545. The van der Waals surface area contributed by atoms with Crippen molar-refractivity contribution < 1.29 is 19.4 Å². The van der Waals surface area contributed by atoms with Gasteiger partial charge < -0.3 is 14.7 Å². The number of hydrogen-bond donors (Lipinski definition) is 1. The zero-order chi connectivity index (χ0) is 12.6. The maximum Gasteiger partial charge on any atom is 0.335 e. The number of aliphatic hydroxyl groups excluding tert-OH is 1. The lowest BCUT2D eigenvalue weighted by atomic mass is 9.82. The van der Waals surface area contributed by atoms with Crippen molar-refractivity contribution in [3.8, 4) is 0 Å². The molecule has 1 aliphatic heterocycles. The molecule has 0 unspecified atom stereocenters. The molecule has 5 nitrogen and oxygen atoms in total. The van der Waals surface area contributed by atoms with E-state index in [1.807, 2.05) is 6.08 Å². The third kappa shape index (κ3) is 1.76. The zero-order valence-corrected chi connectivity index (χ0v) is 9.84. The van der Waals surface area contributed by atoms with Gasteiger partial charge in [0, 0.05) is 19.2 Å². The number of carbonyl (C=O) groups is 2. The molecule has 17 heavy (non-hydrogen) atoms. The number of aliphatic hydroxyl groups is 1. The minimum atomic E-state index is -0.413. The van der Waals surface area contributed by atoms with Crippen molar-refractivity contribution in [3.63, 3.8) is 0 Å². The molecule has 1 amide bonds. The van der Waals surface area contributed by atoms with E-state index in [0.29, 0.717) is 17.6 Å². The molecule has 0 spiro atoms. The topological polar surface area (TPSA) is 66.8 Å². The first kappa shape index (κ1) is 11.9. The number of amides is 1. The van der Waals surface area contributed by atoms with Crippen LogP contribution >= 0.6 is 0 Å². The molecule has 0 saturated heterocycles. The van der Waals surface area contributed by atoms with Gasteiger partial charge in [-0.25, -0.2) is 4.79 Å². The maximum atomic E-state index is 12.0. The number of fused-ring (bicyclic) bond motifs is 1. The van der Waals surface area contributed by atoms with E-state index < -0.39 is 11.9 Å². The SMILES string of the molecule is COC(=O)C1=CN(C)C(=O)[C@@H]2C(CO)=CC[C@H]12. The highest BCUT2D eigenvalue weighted by atomic mass is 16.5. The highest BCUT2D eigenvalue weighted by Gasteiger charge is 2.43. The van der Waals surface area contributed by atoms with Crippen LogP contribution in [0.15, 0.2) is 23.4 Å². The molecule has 2 atom stereocenters. The Kier molecular flexibility index (Phi) is 3.02. The van der Waals surface area contributed by atoms with Gasteiger partial charge in [-0.05, 0) is 12.0 Å². The maximum absolute atomic E-state index is 12.0. The molecule has 92 valence electrons. The Morgan fingerprint density at radius 2 is 2.35 bits per heavy atom. The molecule has 0 aromatic heterocycles. The Bertz CT molecular complexity index is 424. The standard InChI is InChI=1S/C12H15NO4/c1-13-5-9(12(16)17-2)8-4-3-7(6-14)10(8)11(13)15/h3,5,8,10,14H,4,6H2,1-2H3/t8-,10-/m1/s1. The predicted octanol–water partition coefficient (Wildman–Crippen LogP) is 0.0701. The second-order valence-corrected chi connectivity index (χ2v) is 4.28. The minimum absolute atomic E-state index is 0.0829. The summed E-state index contributed by atoms with van der Waals surface area (Å²) < 4.78 is 4.72. The summed E-state index contributed by atoms with van der Waals surface area (Å²) in [5.74, 6) is -1.09. The number of allylic oxidation sites excluding steroid dienone is 1. The first-order valence-electron chi connectivity index (χ1n) is 5.46. The number of rotatable bonds is 2. The molecule has 0 aromatic rings. The Morgan fingerprint density at radius 1 is 1.65 bits per heavy atom. The van der Waals surface area contributed by atoms with Crippen LogP contribution in [0, 0.1) is 11.8 Å². The fraction of sp³-hybridized carbons (Fsp3) is 0.500. The lowest BCUT2D eigenvalue weighted by Crippen LogP contribution is -2.40. The van der Waals surface area contributed by atoms with Crippen molar-refractivity contribution in [1.82, 2.24) is 4.90 Å². The van der Waals surface area contributed by atoms with Crippen molar-refractivity contribution >= 4 is 11.9 Å². The number of esters is 1. The largest absolute Gasteiger partial charge is 0.466 e. The van der Waals surface area contributed by atoms with E-state index in [1.165, 1.54) is 18.2 Å².